The highest BCUT2D eigenvalue weighted by atomic mass is 19.2. The van der Waals surface area contributed by atoms with Crippen LogP contribution in [0.15, 0.2) is 12.1 Å². The van der Waals surface area contributed by atoms with Crippen LogP contribution in [-0.2, 0) is 0 Å². The second-order valence-corrected chi connectivity index (χ2v) is 7.10. The van der Waals surface area contributed by atoms with Crippen molar-refractivity contribution in [3.05, 3.63) is 29.6 Å². The number of likely N-dealkylation sites (tertiary alicyclic amines) is 1. The van der Waals surface area contributed by atoms with Gasteiger partial charge in [0.25, 0.3) is 0 Å². The van der Waals surface area contributed by atoms with Crippen molar-refractivity contribution in [2.24, 2.45) is 0 Å². The zero-order valence-corrected chi connectivity index (χ0v) is 15.4. The lowest BCUT2D eigenvalue weighted by Gasteiger charge is -2.45. The van der Waals surface area contributed by atoms with Crippen LogP contribution in [0.3, 0.4) is 0 Å². The lowest BCUT2D eigenvalue weighted by atomic mass is 9.88. The minimum absolute atomic E-state index is 0.213. The lowest BCUT2D eigenvalue weighted by Crippen LogP contribution is -2.61. The van der Waals surface area contributed by atoms with Gasteiger partial charge in [0.15, 0.2) is 17.5 Å². The quantitative estimate of drug-likeness (QED) is 0.685. The number of β-amino-alcohol motifs (C(OH)–C–C–N with tert-alkyl or cyclic N) is 1. The average molecular weight is 375 g/mol. The van der Waals surface area contributed by atoms with Crippen LogP contribution in [-0.4, -0.2) is 52.6 Å². The van der Waals surface area contributed by atoms with Gasteiger partial charge in [-0.3, -0.25) is 4.90 Å². The van der Waals surface area contributed by atoms with Gasteiger partial charge in [0.1, 0.15) is 18.0 Å². The van der Waals surface area contributed by atoms with Crippen LogP contribution in [0.2, 0.25) is 0 Å². The van der Waals surface area contributed by atoms with E-state index in [0.717, 1.165) is 37.8 Å². The summed E-state index contributed by atoms with van der Waals surface area (Å²) in [6.45, 7) is 4.77. The molecule has 7 heteroatoms. The molecule has 2 rings (SSSR count). The molecule has 2 atom stereocenters. The number of piperidine rings is 1. The van der Waals surface area contributed by atoms with Crippen LogP contribution in [0, 0.1) is 17.5 Å². The summed E-state index contributed by atoms with van der Waals surface area (Å²) in [6, 6.07) is 1.77. The number of nitrogens with zero attached hydrogens (tertiary/aromatic N) is 1. The van der Waals surface area contributed by atoms with E-state index in [1.54, 1.807) is 0 Å². The Labute approximate surface area is 152 Å². The first-order chi connectivity index (χ1) is 12.3. The first-order valence-corrected chi connectivity index (χ1v) is 9.22. The number of benzene rings is 1. The molecule has 0 spiro atoms. The van der Waals surface area contributed by atoms with Gasteiger partial charge in [-0.05, 0) is 19.3 Å². The van der Waals surface area contributed by atoms with Crippen molar-refractivity contribution in [2.45, 2.75) is 63.7 Å². The molecular weight excluding hydrogens is 347 g/mol. The van der Waals surface area contributed by atoms with Gasteiger partial charge < -0.3 is 14.9 Å². The van der Waals surface area contributed by atoms with Crippen LogP contribution in [0.25, 0.3) is 0 Å². The van der Waals surface area contributed by atoms with Crippen LogP contribution >= 0.6 is 0 Å². The summed E-state index contributed by atoms with van der Waals surface area (Å²) < 4.78 is 44.9. The summed E-state index contributed by atoms with van der Waals surface area (Å²) in [6.07, 6.45) is 3.41. The van der Waals surface area contributed by atoms with Gasteiger partial charge in [0, 0.05) is 31.3 Å². The predicted octanol–water partition coefficient (Wildman–Crippen LogP) is 3.25. The molecule has 1 fully saturated rings. The van der Waals surface area contributed by atoms with E-state index in [9.17, 15) is 23.4 Å². The van der Waals surface area contributed by atoms with Crippen molar-refractivity contribution in [1.82, 2.24) is 4.90 Å². The van der Waals surface area contributed by atoms with E-state index in [0.29, 0.717) is 19.0 Å². The number of hydrogen-bond acceptors (Lipinski definition) is 4. The van der Waals surface area contributed by atoms with Crippen LogP contribution in [0.5, 0.6) is 5.75 Å². The van der Waals surface area contributed by atoms with Crippen molar-refractivity contribution >= 4 is 0 Å². The maximum Gasteiger partial charge on any atom is 0.194 e. The first kappa shape index (κ1) is 21.0. The van der Waals surface area contributed by atoms with Gasteiger partial charge in [-0.25, -0.2) is 13.2 Å². The molecule has 26 heavy (non-hydrogen) atoms. The van der Waals surface area contributed by atoms with Crippen molar-refractivity contribution in [1.29, 1.82) is 0 Å². The van der Waals surface area contributed by atoms with Crippen molar-refractivity contribution in [2.75, 3.05) is 19.7 Å². The molecule has 1 aliphatic heterocycles. The molecule has 0 saturated carbocycles. The highest BCUT2D eigenvalue weighted by Crippen LogP contribution is 2.28. The molecule has 0 amide bonds. The molecule has 4 nitrogen and oxygen atoms in total. The molecule has 0 unspecified atom stereocenters. The molecule has 1 aliphatic rings. The number of aliphatic hydroxyl groups is 2. The lowest BCUT2D eigenvalue weighted by molar-refractivity contribution is -0.146. The minimum Gasteiger partial charge on any atom is -0.490 e. The Hall–Kier alpha value is -1.31. The molecule has 1 heterocycles. The normalized spacial score (nSPS) is 24.2. The van der Waals surface area contributed by atoms with Gasteiger partial charge in [0.05, 0.1) is 6.10 Å². The average Bonchev–Trinajstić information content (AvgIpc) is 2.60. The van der Waals surface area contributed by atoms with E-state index in [-0.39, 0.29) is 18.9 Å². The van der Waals surface area contributed by atoms with Crippen LogP contribution in [0.1, 0.15) is 46.0 Å². The Morgan fingerprint density at radius 1 is 1.19 bits per heavy atom. The number of aliphatic hydroxyl groups excluding tert-OH is 1. The Bertz CT molecular complexity index is 572. The third kappa shape index (κ3) is 4.90. The fraction of sp³-hybridized carbons (Fsp3) is 0.684. The van der Waals surface area contributed by atoms with Crippen LogP contribution in [0.4, 0.5) is 13.2 Å². The summed E-state index contributed by atoms with van der Waals surface area (Å²) in [7, 11) is 0. The summed E-state index contributed by atoms with van der Waals surface area (Å²) >= 11 is 0. The summed E-state index contributed by atoms with van der Waals surface area (Å²) in [5.74, 6) is -4.51. The van der Waals surface area contributed by atoms with Crippen LogP contribution < -0.4 is 4.74 Å². The highest BCUT2D eigenvalue weighted by molar-refractivity contribution is 5.25. The number of ether oxygens (including phenoxy) is 1. The molecule has 1 aromatic rings. The van der Waals surface area contributed by atoms with Gasteiger partial charge >= 0.3 is 0 Å². The Morgan fingerprint density at radius 2 is 1.77 bits per heavy atom. The summed E-state index contributed by atoms with van der Waals surface area (Å²) in [5.41, 5.74) is -1.56. The highest BCUT2D eigenvalue weighted by Gasteiger charge is 2.43. The standard InChI is InChI=1S/C19H28F3NO3/c1-3-5-13(6-4-2)23-8-7-17(24)19(25,11-23)12-26-14-9-15(20)18(22)16(21)10-14/h9-10,13,17,24-25H,3-8,11-12H2,1-2H3/t17-,19-/m0/s1. The molecule has 2 N–H and O–H groups in total. The van der Waals surface area contributed by atoms with Gasteiger partial charge in [0.2, 0.25) is 0 Å². The SMILES string of the molecule is CCCC(CCC)N1CC[C@H](O)[C@@](O)(COc2cc(F)c(F)c(F)c2)C1. The molecule has 0 aliphatic carbocycles. The van der Waals surface area contributed by atoms with E-state index in [1.165, 1.54) is 0 Å². The third-order valence-electron chi connectivity index (χ3n) is 4.99. The molecule has 0 aromatic heterocycles. The predicted molar refractivity (Wildman–Crippen MR) is 92.6 cm³/mol. The Balaban J connectivity index is 2.07. The Morgan fingerprint density at radius 3 is 2.31 bits per heavy atom. The third-order valence-corrected chi connectivity index (χ3v) is 4.99. The maximum absolute atomic E-state index is 13.3. The number of halogens is 3. The second kappa shape index (κ2) is 9.06. The van der Waals surface area contributed by atoms with Gasteiger partial charge in [-0.15, -0.1) is 0 Å². The zero-order valence-electron chi connectivity index (χ0n) is 15.4. The summed E-state index contributed by atoms with van der Waals surface area (Å²) in [4.78, 5) is 2.15. The zero-order chi connectivity index (χ0) is 19.3. The molecule has 1 aromatic carbocycles. The topological polar surface area (TPSA) is 52.9 Å². The van der Waals surface area contributed by atoms with Crippen molar-refractivity contribution < 1.29 is 28.1 Å². The van der Waals surface area contributed by atoms with E-state index in [1.807, 2.05) is 0 Å². The van der Waals surface area contributed by atoms with E-state index < -0.39 is 29.2 Å². The molecule has 1 saturated heterocycles. The fourth-order valence-electron chi connectivity index (χ4n) is 3.55. The molecule has 0 bridgehead atoms. The van der Waals surface area contributed by atoms with Crippen molar-refractivity contribution in [3.8, 4) is 5.75 Å². The number of rotatable bonds is 8. The van der Waals surface area contributed by atoms with E-state index in [4.69, 9.17) is 4.74 Å². The molecule has 148 valence electrons. The summed E-state index contributed by atoms with van der Waals surface area (Å²) in [5, 5.41) is 21.1. The number of hydrogen-bond donors (Lipinski definition) is 2. The molecule has 0 radical (unpaired) electrons. The largest absolute Gasteiger partial charge is 0.490 e. The van der Waals surface area contributed by atoms with Crippen molar-refractivity contribution in [3.63, 3.8) is 0 Å². The fourth-order valence-corrected chi connectivity index (χ4v) is 3.55. The monoisotopic (exact) mass is 375 g/mol. The first-order valence-electron chi connectivity index (χ1n) is 9.22. The van der Waals surface area contributed by atoms with E-state index >= 15 is 0 Å². The smallest absolute Gasteiger partial charge is 0.194 e. The van der Waals surface area contributed by atoms with Gasteiger partial charge in [-0.1, -0.05) is 26.7 Å². The molecular formula is C19H28F3NO3. The Kier molecular flexibility index (Phi) is 7.32. The van der Waals surface area contributed by atoms with Gasteiger partial charge in [-0.2, -0.15) is 0 Å². The second-order valence-electron chi connectivity index (χ2n) is 7.10. The maximum atomic E-state index is 13.3. The van der Waals surface area contributed by atoms with E-state index in [2.05, 4.69) is 18.7 Å². The minimum atomic E-state index is -1.57.